The molecule has 0 saturated heterocycles. The first-order valence-electron chi connectivity index (χ1n) is 16.6. The summed E-state index contributed by atoms with van der Waals surface area (Å²) >= 11 is -2.99. The van der Waals surface area contributed by atoms with Crippen molar-refractivity contribution in [2.24, 2.45) is 5.92 Å². The molecule has 230 valence electrons. The SMILES string of the molecule is CC1C=CC(c2ccoc2)=[C]1[Zr](=[C](c1ccccc1)c1ccccc1)[c]1cc(C(C)(C)C)cc2c1Cc1ccc(C(C)(C)C)cc1-2. The van der Waals surface area contributed by atoms with E-state index in [1.807, 2.05) is 12.5 Å². The predicted molar refractivity (Wildman–Crippen MR) is 192 cm³/mol. The molecule has 0 aliphatic heterocycles. The summed E-state index contributed by atoms with van der Waals surface area (Å²) in [5, 5.41) is 0. The molecule has 0 N–H and O–H groups in total. The molecule has 46 heavy (non-hydrogen) atoms. The van der Waals surface area contributed by atoms with E-state index >= 15 is 0 Å². The molecule has 0 saturated carbocycles. The van der Waals surface area contributed by atoms with Crippen molar-refractivity contribution in [1.82, 2.24) is 0 Å². The van der Waals surface area contributed by atoms with Crippen LogP contribution in [0.3, 0.4) is 0 Å². The van der Waals surface area contributed by atoms with E-state index in [1.165, 1.54) is 50.1 Å². The summed E-state index contributed by atoms with van der Waals surface area (Å²) in [5.41, 5.74) is 14.1. The second-order valence-corrected chi connectivity index (χ2v) is 20.8. The second-order valence-electron chi connectivity index (χ2n) is 15.1. The van der Waals surface area contributed by atoms with Gasteiger partial charge >= 0.3 is 284 Å². The molecule has 0 spiro atoms. The molecular formula is C44H44OZr. The first kappa shape index (κ1) is 31.0. The quantitative estimate of drug-likeness (QED) is 0.177. The molecule has 0 radical (unpaired) electrons. The second kappa shape index (κ2) is 11.9. The molecule has 2 aliphatic carbocycles. The number of hydrogen-bond donors (Lipinski definition) is 0. The fraction of sp³-hybridized carbons (Fsp3) is 0.250. The Balaban J connectivity index is 1.64. The van der Waals surface area contributed by atoms with Gasteiger partial charge in [0.1, 0.15) is 0 Å². The molecular weight excluding hydrogens is 636 g/mol. The van der Waals surface area contributed by atoms with E-state index in [4.69, 9.17) is 4.42 Å². The minimum atomic E-state index is -2.99. The Morgan fingerprint density at radius 1 is 0.717 bits per heavy atom. The standard InChI is InChI=1S/C21H25.C13H10.C10H9O.Zr/c1-20(2,3)16-9-7-14-11-15-8-10-17(21(4,5)6)13-19(15)18(14)12-16;1-3-7-12(8-4-1)11-13-9-5-2-6-10-13;1-8-2-3-9(6-8)10-4-5-11-7-10;/h7,9-10,12-13H,11H2,1-6H3;1-10H;2-5,7-8H,1H3;. The summed E-state index contributed by atoms with van der Waals surface area (Å²) in [5.74, 6) is 0.354. The maximum atomic E-state index is 5.69. The van der Waals surface area contributed by atoms with Gasteiger partial charge in [-0.1, -0.05) is 0 Å². The van der Waals surface area contributed by atoms with E-state index in [1.54, 1.807) is 15.3 Å². The third kappa shape index (κ3) is 5.64. The van der Waals surface area contributed by atoms with Crippen molar-refractivity contribution in [2.75, 3.05) is 0 Å². The summed E-state index contributed by atoms with van der Waals surface area (Å²) in [6.45, 7) is 16.5. The third-order valence-electron chi connectivity index (χ3n) is 9.79. The van der Waals surface area contributed by atoms with Gasteiger partial charge in [-0.2, -0.15) is 0 Å². The number of allylic oxidation sites excluding steroid dienone is 4. The Kier molecular flexibility index (Phi) is 8.01. The number of hydrogen-bond acceptors (Lipinski definition) is 1. The van der Waals surface area contributed by atoms with E-state index in [0.29, 0.717) is 5.92 Å². The number of furan rings is 1. The van der Waals surface area contributed by atoms with Crippen molar-refractivity contribution < 1.29 is 25.7 Å². The van der Waals surface area contributed by atoms with Gasteiger partial charge in [-0.3, -0.25) is 0 Å². The molecule has 5 aromatic rings. The van der Waals surface area contributed by atoms with Crippen LogP contribution in [0.15, 0.2) is 129 Å². The Labute approximate surface area is 282 Å². The van der Waals surface area contributed by atoms with Gasteiger partial charge < -0.3 is 0 Å². The summed E-state index contributed by atoms with van der Waals surface area (Å²) in [7, 11) is 0. The van der Waals surface area contributed by atoms with Crippen LogP contribution in [0.25, 0.3) is 16.7 Å². The van der Waals surface area contributed by atoms with Crippen LogP contribution in [0.4, 0.5) is 0 Å². The van der Waals surface area contributed by atoms with Crippen LogP contribution in [-0.2, 0) is 38.5 Å². The zero-order valence-corrected chi connectivity index (χ0v) is 30.7. The molecule has 0 amide bonds. The Hall–Kier alpha value is -3.61. The molecule has 1 nitrogen and oxygen atoms in total. The summed E-state index contributed by atoms with van der Waals surface area (Å²) in [6.07, 6.45) is 9.54. The van der Waals surface area contributed by atoms with Crippen LogP contribution in [-0.4, -0.2) is 3.21 Å². The van der Waals surface area contributed by atoms with E-state index < -0.39 is 21.3 Å². The third-order valence-corrected chi connectivity index (χ3v) is 18.0. The van der Waals surface area contributed by atoms with Crippen LogP contribution >= 0.6 is 0 Å². The van der Waals surface area contributed by atoms with Crippen LogP contribution in [0.2, 0.25) is 0 Å². The minimum absolute atomic E-state index is 0.0173. The van der Waals surface area contributed by atoms with Crippen molar-refractivity contribution in [3.05, 3.63) is 164 Å². The van der Waals surface area contributed by atoms with Crippen LogP contribution in [0.5, 0.6) is 0 Å². The van der Waals surface area contributed by atoms with Crippen molar-refractivity contribution in [1.29, 1.82) is 0 Å². The van der Waals surface area contributed by atoms with Crippen molar-refractivity contribution in [3.8, 4) is 11.1 Å². The van der Waals surface area contributed by atoms with Crippen LogP contribution < -0.4 is 3.27 Å². The molecule has 0 bridgehead atoms. The summed E-state index contributed by atoms with van der Waals surface area (Å²) in [6, 6.07) is 37.1. The van der Waals surface area contributed by atoms with E-state index in [2.05, 4.69) is 158 Å². The molecule has 1 aromatic heterocycles. The Bertz CT molecular complexity index is 1970. The van der Waals surface area contributed by atoms with Gasteiger partial charge in [0.05, 0.1) is 0 Å². The monoisotopic (exact) mass is 678 g/mol. The first-order chi connectivity index (χ1) is 22.0. The zero-order chi connectivity index (χ0) is 32.2. The number of fused-ring (bicyclic) bond motifs is 3. The average Bonchev–Trinajstić information content (AvgIpc) is 3.78. The number of rotatable bonds is 5. The summed E-state index contributed by atoms with van der Waals surface area (Å²) in [4.78, 5) is 0. The Morgan fingerprint density at radius 2 is 1.35 bits per heavy atom. The van der Waals surface area contributed by atoms with Crippen molar-refractivity contribution in [3.63, 3.8) is 0 Å². The molecule has 0 fully saturated rings. The fourth-order valence-electron chi connectivity index (χ4n) is 7.18. The normalized spacial score (nSPS) is 15.7. The van der Waals surface area contributed by atoms with Gasteiger partial charge in [0.25, 0.3) is 0 Å². The maximum absolute atomic E-state index is 5.69. The van der Waals surface area contributed by atoms with E-state index in [0.717, 1.165) is 6.42 Å². The van der Waals surface area contributed by atoms with Gasteiger partial charge in [0.15, 0.2) is 0 Å². The zero-order valence-electron chi connectivity index (χ0n) is 28.2. The van der Waals surface area contributed by atoms with Crippen molar-refractivity contribution >= 4 is 12.1 Å². The first-order valence-corrected chi connectivity index (χ1v) is 20.3. The molecule has 4 aromatic carbocycles. The molecule has 1 atom stereocenters. The van der Waals surface area contributed by atoms with E-state index in [-0.39, 0.29) is 10.8 Å². The molecule has 2 heteroatoms. The molecule has 2 aliphatic rings. The predicted octanol–water partition coefficient (Wildman–Crippen LogP) is 10.6. The fourth-order valence-corrected chi connectivity index (χ4v) is 16.1. The molecule has 1 unspecified atom stereocenters. The van der Waals surface area contributed by atoms with Crippen LogP contribution in [0.1, 0.15) is 87.4 Å². The van der Waals surface area contributed by atoms with Gasteiger partial charge in [-0.05, 0) is 0 Å². The summed E-state index contributed by atoms with van der Waals surface area (Å²) < 4.78 is 10.5. The van der Waals surface area contributed by atoms with Gasteiger partial charge in [0, 0.05) is 0 Å². The molecule has 1 heterocycles. The van der Waals surface area contributed by atoms with Gasteiger partial charge in [-0.15, -0.1) is 0 Å². The van der Waals surface area contributed by atoms with E-state index in [9.17, 15) is 0 Å². The van der Waals surface area contributed by atoms with Crippen LogP contribution in [0, 0.1) is 5.92 Å². The van der Waals surface area contributed by atoms with Crippen molar-refractivity contribution in [2.45, 2.75) is 65.7 Å². The van der Waals surface area contributed by atoms with Gasteiger partial charge in [-0.25, -0.2) is 0 Å². The topological polar surface area (TPSA) is 13.1 Å². The molecule has 7 rings (SSSR count). The average molecular weight is 680 g/mol. The Morgan fingerprint density at radius 3 is 1.93 bits per heavy atom. The number of benzene rings is 4. The van der Waals surface area contributed by atoms with Gasteiger partial charge in [0.2, 0.25) is 0 Å².